The maximum Gasteiger partial charge on any atom is 0.416 e. The number of hydrogen-bond donors (Lipinski definition) is 1. The van der Waals surface area contributed by atoms with E-state index in [-0.39, 0.29) is 0 Å². The third-order valence-electron chi connectivity index (χ3n) is 4.51. The molecule has 0 spiro atoms. The summed E-state index contributed by atoms with van der Waals surface area (Å²) in [5, 5.41) is 3.27. The summed E-state index contributed by atoms with van der Waals surface area (Å²) in [5.74, 6) is 0. The molecule has 0 saturated carbocycles. The summed E-state index contributed by atoms with van der Waals surface area (Å²) >= 11 is 1.62. The quantitative estimate of drug-likeness (QED) is 0.807. The molecule has 0 aliphatic carbocycles. The van der Waals surface area contributed by atoms with Crippen molar-refractivity contribution in [2.24, 2.45) is 0 Å². The summed E-state index contributed by atoms with van der Waals surface area (Å²) in [7, 11) is 0. The van der Waals surface area contributed by atoms with E-state index in [0.29, 0.717) is 5.56 Å². The lowest BCUT2D eigenvalue weighted by Crippen LogP contribution is -2.45. The van der Waals surface area contributed by atoms with Crippen LogP contribution in [0.5, 0.6) is 0 Å². The standard InChI is InChI=1S/C19H21F3N2S/c1-25-15-8-6-14(7-9-15)18(24-12-10-23-11-13-24)16-4-2-3-5-17(16)19(20,21)22/h2-9,18,23H,10-13H2,1H3. The van der Waals surface area contributed by atoms with Crippen molar-refractivity contribution in [1.82, 2.24) is 10.2 Å². The Balaban J connectivity index is 2.08. The third kappa shape index (κ3) is 4.19. The minimum atomic E-state index is -4.36. The van der Waals surface area contributed by atoms with Crippen LogP contribution >= 0.6 is 11.8 Å². The number of nitrogens with zero attached hydrogens (tertiary/aromatic N) is 1. The van der Waals surface area contributed by atoms with Gasteiger partial charge < -0.3 is 5.32 Å². The van der Waals surface area contributed by atoms with E-state index in [1.54, 1.807) is 23.9 Å². The van der Waals surface area contributed by atoms with Crippen LogP contribution in [0.3, 0.4) is 0 Å². The van der Waals surface area contributed by atoms with E-state index in [9.17, 15) is 13.2 Å². The zero-order valence-electron chi connectivity index (χ0n) is 14.0. The fraction of sp³-hybridized carbons (Fsp3) is 0.368. The van der Waals surface area contributed by atoms with Crippen molar-refractivity contribution in [2.45, 2.75) is 17.1 Å². The van der Waals surface area contributed by atoms with Gasteiger partial charge in [0.15, 0.2) is 0 Å². The zero-order valence-corrected chi connectivity index (χ0v) is 14.8. The lowest BCUT2D eigenvalue weighted by atomic mass is 9.92. The van der Waals surface area contributed by atoms with E-state index >= 15 is 0 Å². The number of rotatable bonds is 4. The van der Waals surface area contributed by atoms with E-state index in [2.05, 4.69) is 10.2 Å². The molecule has 1 fully saturated rings. The number of thioether (sulfide) groups is 1. The summed E-state index contributed by atoms with van der Waals surface area (Å²) in [6, 6.07) is 13.4. The molecule has 0 amide bonds. The van der Waals surface area contributed by atoms with Gasteiger partial charge in [0.1, 0.15) is 0 Å². The Morgan fingerprint density at radius 3 is 2.24 bits per heavy atom. The molecule has 0 bridgehead atoms. The highest BCUT2D eigenvalue weighted by atomic mass is 32.2. The van der Waals surface area contributed by atoms with Gasteiger partial charge >= 0.3 is 6.18 Å². The largest absolute Gasteiger partial charge is 0.416 e. The van der Waals surface area contributed by atoms with Crippen LogP contribution in [0.2, 0.25) is 0 Å². The minimum absolute atomic E-state index is 0.328. The Morgan fingerprint density at radius 2 is 1.64 bits per heavy atom. The van der Waals surface area contributed by atoms with Crippen molar-refractivity contribution < 1.29 is 13.2 Å². The van der Waals surface area contributed by atoms with Crippen LogP contribution in [0.15, 0.2) is 53.4 Å². The molecule has 2 nitrogen and oxygen atoms in total. The second-order valence-electron chi connectivity index (χ2n) is 6.05. The molecule has 134 valence electrons. The van der Waals surface area contributed by atoms with Crippen molar-refractivity contribution in [2.75, 3.05) is 32.4 Å². The number of halogens is 3. The Morgan fingerprint density at radius 1 is 1.00 bits per heavy atom. The van der Waals surface area contributed by atoms with Crippen LogP contribution < -0.4 is 5.32 Å². The van der Waals surface area contributed by atoms with Gasteiger partial charge in [0.05, 0.1) is 11.6 Å². The monoisotopic (exact) mass is 366 g/mol. The molecule has 0 aromatic heterocycles. The van der Waals surface area contributed by atoms with Crippen molar-refractivity contribution in [3.8, 4) is 0 Å². The first-order chi connectivity index (χ1) is 12.0. The van der Waals surface area contributed by atoms with Crippen LogP contribution in [-0.2, 0) is 6.18 Å². The van der Waals surface area contributed by atoms with Crippen LogP contribution in [0.4, 0.5) is 13.2 Å². The van der Waals surface area contributed by atoms with E-state index in [0.717, 1.165) is 36.6 Å². The first-order valence-electron chi connectivity index (χ1n) is 8.25. The van der Waals surface area contributed by atoms with Crippen LogP contribution in [0.25, 0.3) is 0 Å². The van der Waals surface area contributed by atoms with Crippen LogP contribution in [0.1, 0.15) is 22.7 Å². The second kappa shape index (κ2) is 7.81. The predicted molar refractivity (Wildman–Crippen MR) is 96.0 cm³/mol. The number of hydrogen-bond acceptors (Lipinski definition) is 3. The summed E-state index contributed by atoms with van der Waals surface area (Å²) in [5.41, 5.74) is 0.678. The normalized spacial score (nSPS) is 17.4. The number of nitrogens with one attached hydrogen (secondary N) is 1. The second-order valence-corrected chi connectivity index (χ2v) is 6.93. The molecule has 2 aromatic rings. The molecule has 1 aliphatic rings. The minimum Gasteiger partial charge on any atom is -0.314 e. The van der Waals surface area contributed by atoms with Crippen molar-refractivity contribution in [3.63, 3.8) is 0 Å². The topological polar surface area (TPSA) is 15.3 Å². The molecule has 1 heterocycles. The Bertz CT molecular complexity index is 695. The van der Waals surface area contributed by atoms with Crippen molar-refractivity contribution in [1.29, 1.82) is 0 Å². The van der Waals surface area contributed by atoms with Crippen molar-refractivity contribution in [3.05, 3.63) is 65.2 Å². The smallest absolute Gasteiger partial charge is 0.314 e. The molecular weight excluding hydrogens is 345 g/mol. The Kier molecular flexibility index (Phi) is 5.71. The maximum atomic E-state index is 13.6. The van der Waals surface area contributed by atoms with E-state index in [1.165, 1.54) is 12.1 Å². The van der Waals surface area contributed by atoms with Gasteiger partial charge in [-0.05, 0) is 35.6 Å². The fourth-order valence-electron chi connectivity index (χ4n) is 3.31. The molecule has 1 atom stereocenters. The average Bonchev–Trinajstić information content (AvgIpc) is 2.63. The van der Waals surface area contributed by atoms with Crippen molar-refractivity contribution >= 4 is 11.8 Å². The molecule has 0 radical (unpaired) electrons. The lowest BCUT2D eigenvalue weighted by Gasteiger charge is -2.36. The molecule has 1 saturated heterocycles. The summed E-state index contributed by atoms with van der Waals surface area (Å²) in [6.07, 6.45) is -2.37. The zero-order chi connectivity index (χ0) is 17.9. The summed E-state index contributed by atoms with van der Waals surface area (Å²) in [6.45, 7) is 3.02. The first-order valence-corrected chi connectivity index (χ1v) is 9.48. The van der Waals surface area contributed by atoms with E-state index in [4.69, 9.17) is 0 Å². The maximum absolute atomic E-state index is 13.6. The molecule has 3 rings (SSSR count). The van der Waals surface area contributed by atoms with E-state index in [1.807, 2.05) is 30.5 Å². The first kappa shape index (κ1) is 18.3. The molecule has 6 heteroatoms. The average molecular weight is 366 g/mol. The summed E-state index contributed by atoms with van der Waals surface area (Å²) in [4.78, 5) is 3.24. The molecule has 25 heavy (non-hydrogen) atoms. The predicted octanol–water partition coefficient (Wildman–Crippen LogP) is 4.42. The number of alkyl halides is 3. The highest BCUT2D eigenvalue weighted by Gasteiger charge is 2.37. The van der Waals surface area contributed by atoms with Gasteiger partial charge in [0.2, 0.25) is 0 Å². The molecule has 1 unspecified atom stereocenters. The molecule has 2 aromatic carbocycles. The van der Waals surface area contributed by atoms with Gasteiger partial charge in [-0.15, -0.1) is 11.8 Å². The SMILES string of the molecule is CSc1ccc(C(c2ccccc2C(F)(F)F)N2CCNCC2)cc1. The van der Waals surface area contributed by atoms with Gasteiger partial charge in [-0.3, -0.25) is 4.90 Å². The molecule has 1 N–H and O–H groups in total. The third-order valence-corrected chi connectivity index (χ3v) is 5.25. The van der Waals surface area contributed by atoms with Crippen LogP contribution in [0, 0.1) is 0 Å². The highest BCUT2D eigenvalue weighted by Crippen LogP contribution is 2.39. The number of piperazine rings is 1. The lowest BCUT2D eigenvalue weighted by molar-refractivity contribution is -0.138. The van der Waals surface area contributed by atoms with E-state index < -0.39 is 17.8 Å². The van der Waals surface area contributed by atoms with Gasteiger partial charge in [-0.25, -0.2) is 0 Å². The van der Waals surface area contributed by atoms with Gasteiger partial charge in [-0.1, -0.05) is 30.3 Å². The van der Waals surface area contributed by atoms with Gasteiger partial charge in [0, 0.05) is 31.1 Å². The molecule has 1 aliphatic heterocycles. The van der Waals surface area contributed by atoms with Gasteiger partial charge in [0.25, 0.3) is 0 Å². The van der Waals surface area contributed by atoms with Crippen LogP contribution in [-0.4, -0.2) is 37.3 Å². The number of benzene rings is 2. The molecular formula is C19H21F3N2S. The highest BCUT2D eigenvalue weighted by molar-refractivity contribution is 7.98. The van der Waals surface area contributed by atoms with Gasteiger partial charge in [-0.2, -0.15) is 13.2 Å². The fourth-order valence-corrected chi connectivity index (χ4v) is 3.72. The summed E-state index contributed by atoms with van der Waals surface area (Å²) < 4.78 is 40.7. The Labute approximate surface area is 150 Å². The Hall–Kier alpha value is -1.50.